The van der Waals surface area contributed by atoms with Crippen LogP contribution in [0.3, 0.4) is 0 Å². The lowest BCUT2D eigenvalue weighted by atomic mass is 10.2. The van der Waals surface area contributed by atoms with Crippen LogP contribution in [0.4, 0.5) is 0 Å². The Morgan fingerprint density at radius 3 is 2.71 bits per heavy atom. The van der Waals surface area contributed by atoms with E-state index in [9.17, 15) is 4.79 Å². The molecule has 0 radical (unpaired) electrons. The van der Waals surface area contributed by atoms with E-state index in [0.717, 1.165) is 28.3 Å². The van der Waals surface area contributed by atoms with Gasteiger partial charge in [-0.25, -0.2) is 0 Å². The molecule has 2 heterocycles. The van der Waals surface area contributed by atoms with Crippen LogP contribution in [0, 0.1) is 0 Å². The molecule has 0 fully saturated rings. The number of carbonyl (C=O) groups is 1. The van der Waals surface area contributed by atoms with E-state index in [2.05, 4.69) is 15.5 Å². The molecule has 3 aromatic carbocycles. The number of hydrogen-bond acceptors (Lipinski definition) is 7. The zero-order valence-corrected chi connectivity index (χ0v) is 20.1. The Bertz CT molecular complexity index is 1340. The van der Waals surface area contributed by atoms with Gasteiger partial charge in [-0.1, -0.05) is 48.2 Å². The van der Waals surface area contributed by atoms with Crippen molar-refractivity contribution in [3.05, 3.63) is 78.4 Å². The first-order valence-electron chi connectivity index (χ1n) is 11.1. The number of nitrogens with one attached hydrogen (secondary N) is 1. The average Bonchev–Trinajstić information content (AvgIpc) is 3.54. The number of aromatic nitrogens is 3. The van der Waals surface area contributed by atoms with E-state index < -0.39 is 5.25 Å². The SMILES string of the molecule is COc1cccc(-c2nnc(SC(C)C(=O)NCc3ccc4c(c3)OCO4)n2-c2ccccc2)c1. The van der Waals surface area contributed by atoms with Gasteiger partial charge in [-0.05, 0) is 48.9 Å². The fraction of sp³-hybridized carbons (Fsp3) is 0.192. The molecular formula is C26H24N4O4S. The van der Waals surface area contributed by atoms with Gasteiger partial charge in [-0.2, -0.15) is 0 Å². The molecule has 178 valence electrons. The second-order valence-corrected chi connectivity index (χ2v) is 9.18. The van der Waals surface area contributed by atoms with Crippen LogP contribution in [-0.4, -0.2) is 39.8 Å². The molecule has 8 nitrogen and oxygen atoms in total. The van der Waals surface area contributed by atoms with E-state index in [1.165, 1.54) is 11.8 Å². The molecule has 0 saturated heterocycles. The Kier molecular flexibility index (Phi) is 6.58. The molecule has 1 unspecified atom stereocenters. The average molecular weight is 489 g/mol. The van der Waals surface area contributed by atoms with E-state index >= 15 is 0 Å². The lowest BCUT2D eigenvalue weighted by Gasteiger charge is -2.14. The van der Waals surface area contributed by atoms with Crippen LogP contribution in [0.25, 0.3) is 17.1 Å². The normalized spacial score (nSPS) is 12.9. The fourth-order valence-corrected chi connectivity index (χ4v) is 4.59. The van der Waals surface area contributed by atoms with Gasteiger partial charge in [0, 0.05) is 17.8 Å². The van der Waals surface area contributed by atoms with Crippen LogP contribution in [0.2, 0.25) is 0 Å². The topological polar surface area (TPSA) is 87.5 Å². The Labute approximate surface area is 207 Å². The number of fused-ring (bicyclic) bond motifs is 1. The molecule has 9 heteroatoms. The summed E-state index contributed by atoms with van der Waals surface area (Å²) >= 11 is 1.36. The van der Waals surface area contributed by atoms with Gasteiger partial charge in [0.05, 0.1) is 12.4 Å². The molecule has 0 bridgehead atoms. The number of benzene rings is 3. The number of hydrogen-bond donors (Lipinski definition) is 1. The molecule has 0 aliphatic carbocycles. The second-order valence-electron chi connectivity index (χ2n) is 7.87. The summed E-state index contributed by atoms with van der Waals surface area (Å²) in [6.45, 7) is 2.47. The van der Waals surface area contributed by atoms with Gasteiger partial charge >= 0.3 is 0 Å². The highest BCUT2D eigenvalue weighted by molar-refractivity contribution is 8.00. The van der Waals surface area contributed by atoms with Gasteiger partial charge in [0.2, 0.25) is 12.7 Å². The molecule has 5 rings (SSSR count). The summed E-state index contributed by atoms with van der Waals surface area (Å²) in [5.41, 5.74) is 2.71. The van der Waals surface area contributed by atoms with Crippen molar-refractivity contribution >= 4 is 17.7 Å². The molecule has 1 N–H and O–H groups in total. The number of rotatable bonds is 8. The lowest BCUT2D eigenvalue weighted by Crippen LogP contribution is -2.30. The smallest absolute Gasteiger partial charge is 0.233 e. The van der Waals surface area contributed by atoms with Crippen molar-refractivity contribution in [2.75, 3.05) is 13.9 Å². The van der Waals surface area contributed by atoms with Crippen LogP contribution in [0.1, 0.15) is 12.5 Å². The van der Waals surface area contributed by atoms with Gasteiger partial charge in [-0.15, -0.1) is 10.2 Å². The third-order valence-corrected chi connectivity index (χ3v) is 6.57. The van der Waals surface area contributed by atoms with E-state index in [1.54, 1.807) is 7.11 Å². The number of ether oxygens (including phenoxy) is 3. The maximum atomic E-state index is 12.9. The molecular weight excluding hydrogens is 464 g/mol. The quantitative estimate of drug-likeness (QED) is 0.366. The molecule has 4 aromatic rings. The van der Waals surface area contributed by atoms with Crippen LogP contribution in [0.5, 0.6) is 17.2 Å². The predicted octanol–water partition coefficient (Wildman–Crippen LogP) is 4.47. The third kappa shape index (κ3) is 4.95. The second kappa shape index (κ2) is 10.1. The van der Waals surface area contributed by atoms with Crippen molar-refractivity contribution in [2.24, 2.45) is 0 Å². The van der Waals surface area contributed by atoms with Gasteiger partial charge < -0.3 is 19.5 Å². The highest BCUT2D eigenvalue weighted by atomic mass is 32.2. The van der Waals surface area contributed by atoms with Gasteiger partial charge in [0.1, 0.15) is 5.75 Å². The molecule has 35 heavy (non-hydrogen) atoms. The first-order valence-corrected chi connectivity index (χ1v) is 12.0. The minimum Gasteiger partial charge on any atom is -0.497 e. The summed E-state index contributed by atoms with van der Waals surface area (Å²) < 4.78 is 18.1. The molecule has 1 aromatic heterocycles. The summed E-state index contributed by atoms with van der Waals surface area (Å²) in [5.74, 6) is 2.72. The van der Waals surface area contributed by atoms with Crippen molar-refractivity contribution in [1.82, 2.24) is 20.1 Å². The standard InChI is InChI=1S/C26H24N4O4S/c1-17(25(31)27-15-18-11-12-22-23(13-18)34-16-33-22)35-26-29-28-24(19-7-6-10-21(14-19)32-2)30(26)20-8-4-3-5-9-20/h3-14,17H,15-16H2,1-2H3,(H,27,31). The van der Waals surface area contributed by atoms with Crippen molar-refractivity contribution in [1.29, 1.82) is 0 Å². The Morgan fingerprint density at radius 1 is 1.06 bits per heavy atom. The third-order valence-electron chi connectivity index (χ3n) is 5.53. The van der Waals surface area contributed by atoms with Crippen LogP contribution < -0.4 is 19.5 Å². The molecule has 0 spiro atoms. The summed E-state index contributed by atoms with van der Waals surface area (Å²) in [6, 6.07) is 23.2. The Balaban J connectivity index is 1.35. The van der Waals surface area contributed by atoms with Crippen LogP contribution in [0.15, 0.2) is 78.0 Å². The molecule has 0 saturated carbocycles. The molecule has 1 aliphatic heterocycles. The molecule has 1 aliphatic rings. The number of thioether (sulfide) groups is 1. The summed E-state index contributed by atoms with van der Waals surface area (Å²) in [5, 5.41) is 12.1. The predicted molar refractivity (Wildman–Crippen MR) is 133 cm³/mol. The van der Waals surface area contributed by atoms with Crippen LogP contribution in [-0.2, 0) is 11.3 Å². The number of amides is 1. The lowest BCUT2D eigenvalue weighted by molar-refractivity contribution is -0.120. The number of carbonyl (C=O) groups excluding carboxylic acids is 1. The maximum absolute atomic E-state index is 12.9. The minimum absolute atomic E-state index is 0.0989. The zero-order valence-electron chi connectivity index (χ0n) is 19.3. The number of methoxy groups -OCH3 is 1. The monoisotopic (exact) mass is 488 g/mol. The van der Waals surface area contributed by atoms with Crippen LogP contribution >= 0.6 is 11.8 Å². The number of nitrogens with zero attached hydrogens (tertiary/aromatic N) is 3. The number of para-hydroxylation sites is 1. The fourth-order valence-electron chi connectivity index (χ4n) is 3.70. The van der Waals surface area contributed by atoms with E-state index in [4.69, 9.17) is 14.2 Å². The maximum Gasteiger partial charge on any atom is 0.233 e. The Morgan fingerprint density at radius 2 is 1.89 bits per heavy atom. The van der Waals surface area contributed by atoms with E-state index in [-0.39, 0.29) is 12.7 Å². The molecule has 1 atom stereocenters. The highest BCUT2D eigenvalue weighted by Crippen LogP contribution is 2.33. The van der Waals surface area contributed by atoms with Gasteiger partial charge in [0.25, 0.3) is 0 Å². The van der Waals surface area contributed by atoms with Crippen molar-refractivity contribution in [3.8, 4) is 34.3 Å². The highest BCUT2D eigenvalue weighted by Gasteiger charge is 2.22. The van der Waals surface area contributed by atoms with Crippen molar-refractivity contribution in [3.63, 3.8) is 0 Å². The summed E-state index contributed by atoms with van der Waals surface area (Å²) in [4.78, 5) is 12.9. The first kappa shape index (κ1) is 22.8. The Hall–Kier alpha value is -3.98. The first-order chi connectivity index (χ1) is 17.1. The summed E-state index contributed by atoms with van der Waals surface area (Å²) in [6.07, 6.45) is 0. The van der Waals surface area contributed by atoms with E-state index in [1.807, 2.05) is 84.3 Å². The molecule has 1 amide bonds. The summed E-state index contributed by atoms with van der Waals surface area (Å²) in [7, 11) is 1.63. The largest absolute Gasteiger partial charge is 0.497 e. The van der Waals surface area contributed by atoms with Gasteiger partial charge in [0.15, 0.2) is 22.5 Å². The van der Waals surface area contributed by atoms with Crippen molar-refractivity contribution in [2.45, 2.75) is 23.9 Å². The zero-order chi connectivity index (χ0) is 24.2. The van der Waals surface area contributed by atoms with E-state index in [0.29, 0.717) is 23.3 Å². The van der Waals surface area contributed by atoms with Gasteiger partial charge in [-0.3, -0.25) is 9.36 Å². The minimum atomic E-state index is -0.395. The van der Waals surface area contributed by atoms with Crippen molar-refractivity contribution < 1.29 is 19.0 Å².